The van der Waals surface area contributed by atoms with E-state index < -0.39 is 59.0 Å². The first-order chi connectivity index (χ1) is 19.7. The summed E-state index contributed by atoms with van der Waals surface area (Å²) < 4.78 is 10.1. The number of fused-ring (bicyclic) bond motifs is 5. The van der Waals surface area contributed by atoms with E-state index in [-0.39, 0.29) is 61.4 Å². The van der Waals surface area contributed by atoms with Gasteiger partial charge < -0.3 is 30.3 Å². The monoisotopic (exact) mass is 594 g/mol. The van der Waals surface area contributed by atoms with Gasteiger partial charge in [0.1, 0.15) is 11.6 Å². The smallest absolute Gasteiger partial charge is 0.323 e. The van der Waals surface area contributed by atoms with Gasteiger partial charge in [0.15, 0.2) is 12.4 Å². The molecule has 4 aliphatic rings. The number of aliphatic hydroxyl groups excluding tert-OH is 1. The summed E-state index contributed by atoms with van der Waals surface area (Å²) in [6.07, 6.45) is 4.73. The van der Waals surface area contributed by atoms with Crippen molar-refractivity contribution < 1.29 is 48.8 Å². The number of ketones is 2. The Bertz CT molecular complexity index is 1140. The predicted octanol–water partition coefficient (Wildman–Crippen LogP) is 1.58. The number of hydrogen-bond donors (Lipinski definition) is 3. The van der Waals surface area contributed by atoms with E-state index in [0.29, 0.717) is 25.7 Å². The molecule has 0 spiro atoms. The molecule has 0 aromatic rings. The van der Waals surface area contributed by atoms with Crippen LogP contribution in [0.25, 0.3) is 0 Å². The third-order valence-corrected chi connectivity index (χ3v) is 10.5. The summed E-state index contributed by atoms with van der Waals surface area (Å²) >= 11 is 0. The average molecular weight is 595 g/mol. The number of carbonyl (C=O) groups excluding carboxylic acids is 4. The zero-order valence-electron chi connectivity index (χ0n) is 24.2. The van der Waals surface area contributed by atoms with Crippen LogP contribution in [0, 0.1) is 38.7 Å². The Balaban J connectivity index is 1.31. The second-order valence-electron chi connectivity index (χ2n) is 12.8. The van der Waals surface area contributed by atoms with Crippen molar-refractivity contribution >= 4 is 23.5 Å². The Morgan fingerprint density at radius 1 is 1.14 bits per heavy atom. The third kappa shape index (κ3) is 5.96. The molecule has 0 bridgehead atoms. The molecule has 4 rings (SSSR count). The number of nitrogens with zero attached hydrogens (tertiary/aromatic N) is 1. The van der Waals surface area contributed by atoms with Crippen molar-refractivity contribution in [3.8, 4) is 0 Å². The number of unbranched alkanes of at least 4 members (excludes halogenated alkanes) is 1. The lowest BCUT2D eigenvalue weighted by atomic mass is 9.45. The second-order valence-corrected chi connectivity index (χ2v) is 12.8. The zero-order valence-corrected chi connectivity index (χ0v) is 24.2. The van der Waals surface area contributed by atoms with Crippen molar-refractivity contribution in [1.29, 1.82) is 0 Å². The largest absolute Gasteiger partial charge is 0.465 e. The van der Waals surface area contributed by atoms with Crippen molar-refractivity contribution in [3.05, 3.63) is 21.8 Å². The summed E-state index contributed by atoms with van der Waals surface area (Å²) in [7, 11) is 0. The maximum atomic E-state index is 13.4. The summed E-state index contributed by atoms with van der Waals surface area (Å²) in [5.41, 5.74) is 3.84. The molecule has 13 heteroatoms. The molecule has 42 heavy (non-hydrogen) atoms. The highest BCUT2D eigenvalue weighted by molar-refractivity contribution is 5.92. The Morgan fingerprint density at radius 3 is 2.57 bits per heavy atom. The van der Waals surface area contributed by atoms with Crippen molar-refractivity contribution in [3.63, 3.8) is 0 Å². The molecule has 0 amide bonds. The molecule has 13 nitrogen and oxygen atoms in total. The topological polar surface area (TPSA) is 206 Å². The van der Waals surface area contributed by atoms with Crippen LogP contribution in [0.3, 0.4) is 0 Å². The Kier molecular flexibility index (Phi) is 9.43. The molecule has 0 heterocycles. The zero-order chi connectivity index (χ0) is 30.9. The molecule has 3 saturated carbocycles. The normalized spacial score (nSPS) is 36.0. The van der Waals surface area contributed by atoms with Gasteiger partial charge in [0, 0.05) is 11.8 Å². The fraction of sp³-hybridized carbons (Fsp3) is 0.793. The first-order valence-corrected chi connectivity index (χ1v) is 14.8. The lowest BCUT2D eigenvalue weighted by Gasteiger charge is -2.60. The van der Waals surface area contributed by atoms with Crippen LogP contribution in [-0.2, 0) is 33.5 Å². The van der Waals surface area contributed by atoms with Crippen LogP contribution in [0.4, 0.5) is 0 Å². The summed E-state index contributed by atoms with van der Waals surface area (Å²) in [6, 6.07) is -1.33. The van der Waals surface area contributed by atoms with E-state index in [1.54, 1.807) is 6.08 Å². The van der Waals surface area contributed by atoms with Crippen LogP contribution in [0.2, 0.25) is 0 Å². The third-order valence-electron chi connectivity index (χ3n) is 10.5. The minimum atomic E-state index is -1.79. The molecule has 0 aromatic heterocycles. The van der Waals surface area contributed by atoms with E-state index in [1.165, 1.54) is 0 Å². The van der Waals surface area contributed by atoms with Crippen LogP contribution in [0.15, 0.2) is 11.6 Å². The highest BCUT2D eigenvalue weighted by Gasteiger charge is 2.68. The van der Waals surface area contributed by atoms with E-state index in [4.69, 9.17) is 15.2 Å². The fourth-order valence-corrected chi connectivity index (χ4v) is 8.36. The number of ether oxygens (including phenoxy) is 2. The van der Waals surface area contributed by atoms with Crippen LogP contribution >= 0.6 is 0 Å². The maximum Gasteiger partial charge on any atom is 0.323 e. The molecule has 4 N–H and O–H groups in total. The van der Waals surface area contributed by atoms with Gasteiger partial charge in [-0.3, -0.25) is 19.2 Å². The minimum absolute atomic E-state index is 0.0131. The van der Waals surface area contributed by atoms with Gasteiger partial charge in [-0.2, -0.15) is 0 Å². The van der Waals surface area contributed by atoms with Crippen LogP contribution in [0.1, 0.15) is 78.1 Å². The lowest BCUT2D eigenvalue weighted by Crippen LogP contribution is -2.62. The fourth-order valence-electron chi connectivity index (χ4n) is 8.36. The number of Topliss-reactive ketones (excluding diaryl/α,β-unsaturated/α-hetero) is 1. The molecule has 1 unspecified atom stereocenters. The van der Waals surface area contributed by atoms with Crippen molar-refractivity contribution in [2.45, 2.75) is 95.8 Å². The number of aliphatic hydroxyl groups is 2. The van der Waals surface area contributed by atoms with E-state index in [2.05, 4.69) is 11.8 Å². The molecule has 4 aliphatic carbocycles. The Morgan fingerprint density at radius 2 is 1.86 bits per heavy atom. The minimum Gasteiger partial charge on any atom is -0.465 e. The van der Waals surface area contributed by atoms with Gasteiger partial charge in [0.05, 0.1) is 25.7 Å². The number of rotatable bonds is 12. The molecular formula is C29H42N2O11. The quantitative estimate of drug-likeness (QED) is 0.127. The van der Waals surface area contributed by atoms with Gasteiger partial charge in [-0.25, -0.2) is 0 Å². The number of esters is 2. The van der Waals surface area contributed by atoms with Gasteiger partial charge in [0.2, 0.25) is 5.78 Å². The first kappa shape index (κ1) is 32.0. The van der Waals surface area contributed by atoms with E-state index in [1.807, 2.05) is 6.92 Å². The predicted molar refractivity (Wildman–Crippen MR) is 145 cm³/mol. The summed E-state index contributed by atoms with van der Waals surface area (Å²) in [4.78, 5) is 64.1. The van der Waals surface area contributed by atoms with E-state index >= 15 is 0 Å². The summed E-state index contributed by atoms with van der Waals surface area (Å²) in [5, 5.41) is 32.4. The molecule has 0 saturated heterocycles. The average Bonchev–Trinajstić information content (AvgIpc) is 3.19. The maximum absolute atomic E-state index is 13.4. The van der Waals surface area contributed by atoms with Crippen molar-refractivity contribution in [2.75, 3.05) is 19.8 Å². The number of allylic oxidation sites excluding steroid dienone is 1. The molecule has 234 valence electrons. The first-order valence-electron chi connectivity index (χ1n) is 14.8. The lowest BCUT2D eigenvalue weighted by molar-refractivity contribution is -0.757. The summed E-state index contributed by atoms with van der Waals surface area (Å²) in [5.74, 6) is -2.26. The Labute approximate surface area is 244 Å². The van der Waals surface area contributed by atoms with Crippen molar-refractivity contribution in [1.82, 2.24) is 0 Å². The SMILES string of the molecule is C[C@]12CCC(=O)C=C1CC[C@@H]1[C@@H]2[C@@H](O)C[C@@]2(C)[C@H]1CC[C@]2(O)C(=O)COC(=O)CC(N)C(=O)OCCCCO[N+](=O)[O-]. The van der Waals surface area contributed by atoms with Gasteiger partial charge in [0.25, 0.3) is 5.09 Å². The van der Waals surface area contributed by atoms with Gasteiger partial charge in [-0.05, 0) is 80.6 Å². The van der Waals surface area contributed by atoms with E-state index in [9.17, 15) is 39.5 Å². The van der Waals surface area contributed by atoms with E-state index in [0.717, 1.165) is 18.4 Å². The highest BCUT2D eigenvalue weighted by Crippen LogP contribution is 2.67. The Hall–Kier alpha value is -2.90. The second kappa shape index (κ2) is 12.4. The molecule has 3 fully saturated rings. The molecule has 0 radical (unpaired) electrons. The van der Waals surface area contributed by atoms with Crippen LogP contribution in [-0.4, -0.2) is 76.4 Å². The highest BCUT2D eigenvalue weighted by atomic mass is 16.9. The molecule has 0 aliphatic heterocycles. The molecule has 0 aromatic carbocycles. The van der Waals surface area contributed by atoms with Crippen molar-refractivity contribution in [2.24, 2.45) is 34.3 Å². The number of hydrogen-bond acceptors (Lipinski definition) is 12. The number of carbonyl (C=O) groups is 4. The molecule has 8 atom stereocenters. The van der Waals surface area contributed by atoms with Crippen LogP contribution < -0.4 is 5.73 Å². The number of nitrogens with two attached hydrogens (primary N) is 1. The van der Waals surface area contributed by atoms with Gasteiger partial charge in [-0.15, -0.1) is 10.1 Å². The molecular weight excluding hydrogens is 552 g/mol. The van der Waals surface area contributed by atoms with Crippen LogP contribution in [0.5, 0.6) is 0 Å². The van der Waals surface area contributed by atoms with Gasteiger partial charge >= 0.3 is 11.9 Å². The standard InChI is InChI=1S/C29H42N2O11/c1-27-9-7-18(32)13-17(27)5-6-19-20-8-10-29(37,28(20,2)15-22(33)25(19)27)23(34)16-41-24(35)14-21(30)26(36)40-11-3-4-12-42-31(38)39/h13,19-22,25,33,37H,3-12,14-16,30H2,1-2H3/t19-,20-,21?,22-,25+,27-,28-,29-/m0/s1. The van der Waals surface area contributed by atoms with Gasteiger partial charge in [-0.1, -0.05) is 19.4 Å². The summed E-state index contributed by atoms with van der Waals surface area (Å²) in [6.45, 7) is 3.10.